The molecule has 5 nitrogen and oxygen atoms in total. The van der Waals surface area contributed by atoms with Crippen LogP contribution in [0.1, 0.15) is 38.3 Å². The molecule has 0 unspecified atom stereocenters. The summed E-state index contributed by atoms with van der Waals surface area (Å²) in [5.74, 6) is -0.806. The zero-order chi connectivity index (χ0) is 15.2. The Balaban J connectivity index is 0.00000400. The Kier molecular flexibility index (Phi) is 8.34. The molecule has 0 heterocycles. The summed E-state index contributed by atoms with van der Waals surface area (Å²) in [5, 5.41) is 9.88. The van der Waals surface area contributed by atoms with Crippen molar-refractivity contribution in [3.05, 3.63) is 35.4 Å². The van der Waals surface area contributed by atoms with Gasteiger partial charge in [0.1, 0.15) is 0 Å². The van der Waals surface area contributed by atoms with Gasteiger partial charge in [-0.15, -0.1) is 0 Å². The van der Waals surface area contributed by atoms with Crippen LogP contribution < -0.4 is 0 Å². The van der Waals surface area contributed by atoms with Crippen LogP contribution in [0, 0.1) is 0 Å². The van der Waals surface area contributed by atoms with Gasteiger partial charge in [0, 0.05) is 6.42 Å². The summed E-state index contributed by atoms with van der Waals surface area (Å²) < 4.78 is 0. The summed E-state index contributed by atoms with van der Waals surface area (Å²) in [7, 11) is 0. The van der Waals surface area contributed by atoms with Crippen LogP contribution in [0.25, 0.3) is 0 Å². The van der Waals surface area contributed by atoms with Crippen molar-refractivity contribution in [2.75, 3.05) is 0 Å². The van der Waals surface area contributed by atoms with E-state index in [0.29, 0.717) is 19.4 Å². The first kappa shape index (κ1) is 19.7. The number of amides is 1. The molecule has 21 heavy (non-hydrogen) atoms. The Bertz CT molecular complexity index is 454. The van der Waals surface area contributed by atoms with Crippen LogP contribution in [-0.4, -0.2) is 47.0 Å². The van der Waals surface area contributed by atoms with Crippen LogP contribution >= 0.6 is 0 Å². The van der Waals surface area contributed by atoms with Gasteiger partial charge in [-0.3, -0.25) is 14.4 Å². The molecule has 0 spiro atoms. The molecule has 1 aromatic rings. The van der Waals surface area contributed by atoms with Crippen LogP contribution in [0.2, 0.25) is 0 Å². The number of hydrogen-bond acceptors (Lipinski definition) is 3. The third kappa shape index (κ3) is 8.56. The van der Waals surface area contributed by atoms with E-state index in [4.69, 9.17) is 9.94 Å². The van der Waals surface area contributed by atoms with Crippen molar-refractivity contribution < 1.29 is 19.5 Å². The molecule has 0 aromatic heterocycles. The molecule has 1 aromatic carbocycles. The quantitative estimate of drug-likeness (QED) is 0.471. The van der Waals surface area contributed by atoms with Crippen molar-refractivity contribution in [3.63, 3.8) is 0 Å². The van der Waals surface area contributed by atoms with Crippen molar-refractivity contribution in [1.29, 1.82) is 0 Å². The molecule has 1 N–H and O–H groups in total. The van der Waals surface area contributed by atoms with E-state index in [9.17, 15) is 9.59 Å². The van der Waals surface area contributed by atoms with Crippen molar-refractivity contribution in [2.45, 2.75) is 45.8 Å². The van der Waals surface area contributed by atoms with E-state index in [-0.39, 0.29) is 25.3 Å². The zero-order valence-corrected chi connectivity index (χ0v) is 12.1. The van der Waals surface area contributed by atoms with Gasteiger partial charge in [-0.25, -0.2) is 5.06 Å². The summed E-state index contributed by atoms with van der Waals surface area (Å²) in [5.41, 5.74) is 1.47. The molecular weight excluding hydrogens is 265 g/mol. The van der Waals surface area contributed by atoms with Crippen molar-refractivity contribution in [1.82, 2.24) is 5.06 Å². The molecule has 6 heteroatoms. The van der Waals surface area contributed by atoms with Crippen LogP contribution in [0.5, 0.6) is 0 Å². The van der Waals surface area contributed by atoms with Crippen LogP contribution in [0.3, 0.4) is 0 Å². The number of nitrogens with zero attached hydrogens (tertiary/aromatic N) is 1. The van der Waals surface area contributed by atoms with Crippen molar-refractivity contribution >= 4 is 31.2 Å². The van der Waals surface area contributed by atoms with E-state index in [2.05, 4.69) is 0 Å². The third-order valence-corrected chi connectivity index (χ3v) is 2.50. The van der Waals surface area contributed by atoms with E-state index in [1.807, 2.05) is 45.0 Å². The van der Waals surface area contributed by atoms with Crippen LogP contribution in [0.15, 0.2) is 24.3 Å². The maximum absolute atomic E-state index is 11.0. The topological polar surface area (TPSA) is 66.8 Å². The molecule has 0 saturated carbocycles. The predicted molar refractivity (Wildman–Crippen MR) is 82.0 cm³/mol. The number of hydroxylamine groups is 2. The third-order valence-electron chi connectivity index (χ3n) is 2.50. The zero-order valence-electron chi connectivity index (χ0n) is 12.1. The average molecular weight is 287 g/mol. The number of carboxylic acid groups (broad SMARTS) is 1. The Morgan fingerprint density at radius 1 is 1.24 bits per heavy atom. The Morgan fingerprint density at radius 3 is 2.19 bits per heavy atom. The first-order valence-electron chi connectivity index (χ1n) is 6.51. The van der Waals surface area contributed by atoms with Gasteiger partial charge in [-0.05, 0) is 38.3 Å². The molecule has 0 saturated heterocycles. The molecule has 112 valence electrons. The van der Waals surface area contributed by atoms with E-state index in [1.54, 1.807) is 0 Å². The Morgan fingerprint density at radius 2 is 1.76 bits per heavy atom. The minimum atomic E-state index is -0.806. The van der Waals surface area contributed by atoms with E-state index < -0.39 is 11.6 Å². The summed E-state index contributed by atoms with van der Waals surface area (Å²) in [4.78, 5) is 26.9. The molecule has 0 radical (unpaired) electrons. The predicted octanol–water partition coefficient (Wildman–Crippen LogP) is 1.74. The molecule has 0 fully saturated rings. The first-order chi connectivity index (χ1) is 9.30. The fraction of sp³-hybridized carbons (Fsp3) is 0.467. The molecular formula is C15H22LiNO4. The van der Waals surface area contributed by atoms with Gasteiger partial charge in [0.25, 0.3) is 0 Å². The van der Waals surface area contributed by atoms with Gasteiger partial charge in [-0.1, -0.05) is 24.3 Å². The van der Waals surface area contributed by atoms with E-state index in [1.165, 1.54) is 5.06 Å². The molecule has 0 atom stereocenters. The van der Waals surface area contributed by atoms with Gasteiger partial charge < -0.3 is 5.11 Å². The molecule has 1 amide bonds. The number of hydrogen-bond donors (Lipinski definition) is 1. The SMILES string of the molecule is CC(C)(C)ON(C=O)Cc1ccc(CCC(=O)O)cc1.[LiH]. The van der Waals surface area contributed by atoms with E-state index in [0.717, 1.165) is 11.1 Å². The fourth-order valence-corrected chi connectivity index (χ4v) is 1.69. The fourth-order valence-electron chi connectivity index (χ4n) is 1.69. The summed E-state index contributed by atoms with van der Waals surface area (Å²) in [6.45, 7) is 5.98. The van der Waals surface area contributed by atoms with Gasteiger partial charge in [0.15, 0.2) is 0 Å². The number of aliphatic carboxylic acids is 1. The number of carbonyl (C=O) groups excluding carboxylic acids is 1. The van der Waals surface area contributed by atoms with E-state index >= 15 is 0 Å². The molecule has 1 rings (SSSR count). The second kappa shape index (κ2) is 8.88. The monoisotopic (exact) mass is 287 g/mol. The number of rotatable bonds is 7. The number of carboxylic acids is 1. The van der Waals surface area contributed by atoms with Gasteiger partial charge in [-0.2, -0.15) is 0 Å². The van der Waals surface area contributed by atoms with Crippen LogP contribution in [-0.2, 0) is 27.4 Å². The standard InChI is InChI=1S/C15H21NO4.Li.H/c1-15(2,3)20-16(11-17)10-13-6-4-12(5-7-13)8-9-14(18)19;;/h4-7,11H,8-10H2,1-3H3,(H,18,19);;. The number of aryl methyl sites for hydroxylation is 1. The second-order valence-electron chi connectivity index (χ2n) is 5.59. The molecule has 0 aliphatic heterocycles. The number of benzene rings is 1. The summed E-state index contributed by atoms with van der Waals surface area (Å²) in [6.07, 6.45) is 1.28. The van der Waals surface area contributed by atoms with Crippen LogP contribution in [0.4, 0.5) is 0 Å². The first-order valence-corrected chi connectivity index (χ1v) is 6.51. The average Bonchev–Trinajstić information content (AvgIpc) is 2.35. The molecule has 0 aliphatic rings. The van der Waals surface area contributed by atoms with Gasteiger partial charge >= 0.3 is 24.8 Å². The summed E-state index contributed by atoms with van der Waals surface area (Å²) >= 11 is 0. The molecule has 0 bridgehead atoms. The van der Waals surface area contributed by atoms with Crippen molar-refractivity contribution in [3.8, 4) is 0 Å². The summed E-state index contributed by atoms with van der Waals surface area (Å²) in [6, 6.07) is 7.50. The van der Waals surface area contributed by atoms with Crippen molar-refractivity contribution in [2.24, 2.45) is 0 Å². The van der Waals surface area contributed by atoms with Gasteiger partial charge in [0.2, 0.25) is 6.41 Å². The second-order valence-corrected chi connectivity index (χ2v) is 5.59. The normalized spacial score (nSPS) is 10.6. The Labute approximate surface area is 137 Å². The minimum absolute atomic E-state index is 0. The number of carbonyl (C=O) groups is 2. The van der Waals surface area contributed by atoms with Gasteiger partial charge in [0.05, 0.1) is 12.1 Å². The maximum atomic E-state index is 11.0. The Hall–Kier alpha value is -1.28. The molecule has 0 aliphatic carbocycles.